The lowest BCUT2D eigenvalue weighted by atomic mass is 10.1. The van der Waals surface area contributed by atoms with E-state index in [4.69, 9.17) is 4.74 Å². The maximum Gasteiger partial charge on any atom is 0.128 e. The normalized spacial score (nSPS) is 15.8. The van der Waals surface area contributed by atoms with Gasteiger partial charge in [0.15, 0.2) is 0 Å². The molecular formula is C16H27N3O. The Morgan fingerprint density at radius 1 is 1.30 bits per heavy atom. The molecule has 0 bridgehead atoms. The summed E-state index contributed by atoms with van der Waals surface area (Å²) in [5.74, 6) is 0.967. The molecule has 4 heteroatoms. The van der Waals surface area contributed by atoms with Crippen molar-refractivity contribution < 1.29 is 4.74 Å². The lowest BCUT2D eigenvalue weighted by Crippen LogP contribution is -2.25. The summed E-state index contributed by atoms with van der Waals surface area (Å²) in [7, 11) is 1.72. The van der Waals surface area contributed by atoms with E-state index in [1.165, 1.54) is 38.9 Å². The first-order valence-electron chi connectivity index (χ1n) is 7.64. The van der Waals surface area contributed by atoms with Crippen LogP contribution in [-0.4, -0.2) is 43.2 Å². The highest BCUT2D eigenvalue weighted by Crippen LogP contribution is 2.23. The van der Waals surface area contributed by atoms with Crippen LogP contribution in [0.15, 0.2) is 6.20 Å². The Morgan fingerprint density at radius 3 is 2.75 bits per heavy atom. The second-order valence-corrected chi connectivity index (χ2v) is 5.63. The van der Waals surface area contributed by atoms with E-state index in [1.807, 2.05) is 13.1 Å². The Kier molecular flexibility index (Phi) is 5.80. The van der Waals surface area contributed by atoms with Gasteiger partial charge in [0.2, 0.25) is 0 Å². The number of likely N-dealkylation sites (tertiary alicyclic amines) is 1. The van der Waals surface area contributed by atoms with E-state index in [0.717, 1.165) is 35.7 Å². The van der Waals surface area contributed by atoms with Gasteiger partial charge in [0, 0.05) is 23.9 Å². The van der Waals surface area contributed by atoms with Gasteiger partial charge in [-0.3, -0.25) is 4.98 Å². The topological polar surface area (TPSA) is 37.4 Å². The van der Waals surface area contributed by atoms with Crippen LogP contribution in [0.2, 0.25) is 0 Å². The minimum Gasteiger partial charge on any atom is -0.496 e. The summed E-state index contributed by atoms with van der Waals surface area (Å²) in [5, 5.41) is 3.49. The van der Waals surface area contributed by atoms with Crippen LogP contribution >= 0.6 is 0 Å². The predicted octanol–water partition coefficient (Wildman–Crippen LogP) is 2.28. The Hall–Kier alpha value is -1.13. The van der Waals surface area contributed by atoms with Crippen LogP contribution in [0.3, 0.4) is 0 Å². The number of nitrogens with one attached hydrogen (secondary N) is 1. The van der Waals surface area contributed by atoms with Crippen LogP contribution in [0, 0.1) is 13.8 Å². The summed E-state index contributed by atoms with van der Waals surface area (Å²) in [6, 6.07) is 0. The summed E-state index contributed by atoms with van der Waals surface area (Å²) in [4.78, 5) is 7.06. The van der Waals surface area contributed by atoms with Crippen molar-refractivity contribution in [3.63, 3.8) is 0 Å². The van der Waals surface area contributed by atoms with E-state index in [1.54, 1.807) is 7.11 Å². The third kappa shape index (κ3) is 3.93. The minimum atomic E-state index is 0.822. The van der Waals surface area contributed by atoms with Crippen LogP contribution in [0.25, 0.3) is 0 Å². The fraction of sp³-hybridized carbons (Fsp3) is 0.688. The van der Waals surface area contributed by atoms with Crippen molar-refractivity contribution in [2.24, 2.45) is 0 Å². The molecule has 112 valence electrons. The van der Waals surface area contributed by atoms with Gasteiger partial charge in [0.05, 0.1) is 12.8 Å². The molecule has 0 radical (unpaired) electrons. The third-order valence-corrected chi connectivity index (χ3v) is 4.07. The smallest absolute Gasteiger partial charge is 0.128 e. The zero-order valence-electron chi connectivity index (χ0n) is 13.0. The van der Waals surface area contributed by atoms with E-state index in [9.17, 15) is 0 Å². The van der Waals surface area contributed by atoms with Crippen LogP contribution in [-0.2, 0) is 6.54 Å². The number of ether oxygens (including phenoxy) is 1. The van der Waals surface area contributed by atoms with Gasteiger partial charge >= 0.3 is 0 Å². The van der Waals surface area contributed by atoms with Gasteiger partial charge in [-0.25, -0.2) is 0 Å². The molecule has 2 heterocycles. The molecule has 1 fully saturated rings. The number of nitrogens with zero attached hydrogens (tertiary/aromatic N) is 2. The molecule has 4 nitrogen and oxygen atoms in total. The van der Waals surface area contributed by atoms with E-state index in [-0.39, 0.29) is 0 Å². The first-order chi connectivity index (χ1) is 9.72. The lowest BCUT2D eigenvalue weighted by molar-refractivity contribution is 0.331. The standard InChI is InChI=1S/C16H27N3O/c1-13-11-18-15(14(2)16(13)20-3)12-17-7-6-10-19-8-4-5-9-19/h11,17H,4-10,12H2,1-3H3. The number of aryl methyl sites for hydroxylation is 1. The van der Waals surface area contributed by atoms with Crippen LogP contribution in [0.4, 0.5) is 0 Å². The highest BCUT2D eigenvalue weighted by molar-refractivity contribution is 5.40. The Labute approximate surface area is 122 Å². The van der Waals surface area contributed by atoms with E-state index >= 15 is 0 Å². The number of hydrogen-bond donors (Lipinski definition) is 1. The Morgan fingerprint density at radius 2 is 2.05 bits per heavy atom. The molecule has 1 aliphatic rings. The predicted molar refractivity (Wildman–Crippen MR) is 82.3 cm³/mol. The molecular weight excluding hydrogens is 250 g/mol. The van der Waals surface area contributed by atoms with Crippen LogP contribution in [0.5, 0.6) is 5.75 Å². The molecule has 1 aliphatic heterocycles. The largest absolute Gasteiger partial charge is 0.496 e. The summed E-state index contributed by atoms with van der Waals surface area (Å²) in [5.41, 5.74) is 3.34. The quantitative estimate of drug-likeness (QED) is 0.776. The van der Waals surface area contributed by atoms with E-state index in [2.05, 4.69) is 22.1 Å². The van der Waals surface area contributed by atoms with Crippen molar-refractivity contribution in [1.29, 1.82) is 0 Å². The average molecular weight is 277 g/mol. The lowest BCUT2D eigenvalue weighted by Gasteiger charge is -2.15. The fourth-order valence-electron chi connectivity index (χ4n) is 2.89. The summed E-state index contributed by atoms with van der Waals surface area (Å²) < 4.78 is 5.44. The SMILES string of the molecule is COc1c(C)cnc(CNCCCN2CCCC2)c1C. The molecule has 0 aliphatic carbocycles. The van der Waals surface area contributed by atoms with Crippen molar-refractivity contribution in [1.82, 2.24) is 15.2 Å². The van der Waals surface area contributed by atoms with Gasteiger partial charge in [-0.15, -0.1) is 0 Å². The molecule has 0 aromatic carbocycles. The molecule has 0 atom stereocenters. The monoisotopic (exact) mass is 277 g/mol. The Bertz CT molecular complexity index is 428. The van der Waals surface area contributed by atoms with Gasteiger partial charge in [0.25, 0.3) is 0 Å². The van der Waals surface area contributed by atoms with Gasteiger partial charge in [-0.05, 0) is 59.3 Å². The average Bonchev–Trinajstić information content (AvgIpc) is 2.94. The van der Waals surface area contributed by atoms with Gasteiger partial charge in [-0.1, -0.05) is 0 Å². The number of aromatic nitrogens is 1. The molecule has 0 saturated carbocycles. The van der Waals surface area contributed by atoms with Gasteiger partial charge in [0.1, 0.15) is 5.75 Å². The zero-order valence-corrected chi connectivity index (χ0v) is 13.0. The third-order valence-electron chi connectivity index (χ3n) is 4.07. The highest BCUT2D eigenvalue weighted by Gasteiger charge is 2.11. The van der Waals surface area contributed by atoms with Crippen molar-refractivity contribution >= 4 is 0 Å². The highest BCUT2D eigenvalue weighted by atomic mass is 16.5. The summed E-state index contributed by atoms with van der Waals surface area (Å²) in [6.45, 7) is 9.78. The first-order valence-corrected chi connectivity index (χ1v) is 7.64. The van der Waals surface area contributed by atoms with E-state index < -0.39 is 0 Å². The maximum absolute atomic E-state index is 5.44. The van der Waals surface area contributed by atoms with Gasteiger partial charge < -0.3 is 15.0 Å². The van der Waals surface area contributed by atoms with Crippen LogP contribution in [0.1, 0.15) is 36.1 Å². The minimum absolute atomic E-state index is 0.822. The molecule has 2 rings (SSSR count). The number of methoxy groups -OCH3 is 1. The van der Waals surface area contributed by atoms with Crippen molar-refractivity contribution in [3.8, 4) is 5.75 Å². The van der Waals surface area contributed by atoms with Gasteiger partial charge in [-0.2, -0.15) is 0 Å². The van der Waals surface area contributed by atoms with Crippen LogP contribution < -0.4 is 10.1 Å². The molecule has 20 heavy (non-hydrogen) atoms. The van der Waals surface area contributed by atoms with Crippen molar-refractivity contribution in [2.45, 2.75) is 39.7 Å². The fourth-order valence-corrected chi connectivity index (χ4v) is 2.89. The number of pyridine rings is 1. The molecule has 1 N–H and O–H groups in total. The van der Waals surface area contributed by atoms with E-state index in [0.29, 0.717) is 0 Å². The summed E-state index contributed by atoms with van der Waals surface area (Å²) in [6.07, 6.45) is 5.86. The summed E-state index contributed by atoms with van der Waals surface area (Å²) >= 11 is 0. The molecule has 0 spiro atoms. The molecule has 1 aromatic heterocycles. The molecule has 0 amide bonds. The number of rotatable bonds is 7. The number of hydrogen-bond acceptors (Lipinski definition) is 4. The second-order valence-electron chi connectivity index (χ2n) is 5.63. The van der Waals surface area contributed by atoms with Crippen molar-refractivity contribution in [2.75, 3.05) is 33.3 Å². The first kappa shape index (κ1) is 15.3. The maximum atomic E-state index is 5.44. The Balaban J connectivity index is 1.73. The molecule has 0 unspecified atom stereocenters. The molecule has 1 saturated heterocycles. The zero-order chi connectivity index (χ0) is 14.4. The van der Waals surface area contributed by atoms with Crippen molar-refractivity contribution in [3.05, 3.63) is 23.0 Å². The second kappa shape index (κ2) is 7.60. The molecule has 1 aromatic rings.